The van der Waals surface area contributed by atoms with Crippen LogP contribution >= 0.6 is 0 Å². The number of nitrogens with zero attached hydrogens (tertiary/aromatic N) is 2. The zero-order valence-corrected chi connectivity index (χ0v) is 14.8. The van der Waals surface area contributed by atoms with Gasteiger partial charge in [0.05, 0.1) is 25.0 Å². The zero-order chi connectivity index (χ0) is 15.5. The summed E-state index contributed by atoms with van der Waals surface area (Å²) in [4.78, 5) is 7.17. The SMILES string of the molecule is C[Si](C)OC(c1cccc(N2CCOCC2)n1)C(C)(C)C. The van der Waals surface area contributed by atoms with Gasteiger partial charge in [-0.1, -0.05) is 26.8 Å². The fourth-order valence-electron chi connectivity index (χ4n) is 2.47. The van der Waals surface area contributed by atoms with Crippen molar-refractivity contribution in [3.8, 4) is 0 Å². The summed E-state index contributed by atoms with van der Waals surface area (Å²) >= 11 is 0. The van der Waals surface area contributed by atoms with Crippen LogP contribution in [0.3, 0.4) is 0 Å². The Labute approximate surface area is 130 Å². The van der Waals surface area contributed by atoms with Gasteiger partial charge < -0.3 is 14.1 Å². The average molecular weight is 307 g/mol. The predicted molar refractivity (Wildman–Crippen MR) is 88.0 cm³/mol. The smallest absolute Gasteiger partial charge is 0.205 e. The molecular weight excluding hydrogens is 280 g/mol. The Balaban J connectivity index is 2.24. The fraction of sp³-hybridized carbons (Fsp3) is 0.688. The molecule has 117 valence electrons. The molecule has 0 N–H and O–H groups in total. The van der Waals surface area contributed by atoms with E-state index < -0.39 is 9.04 Å². The molecule has 5 heteroatoms. The minimum Gasteiger partial charge on any atom is -0.408 e. The summed E-state index contributed by atoms with van der Waals surface area (Å²) in [6.07, 6.45) is 0.0439. The molecule has 0 bridgehead atoms. The molecule has 2 heterocycles. The molecule has 1 aromatic heterocycles. The third-order valence-corrected chi connectivity index (χ3v) is 4.21. The number of hydrogen-bond acceptors (Lipinski definition) is 4. The minimum absolute atomic E-state index is 0.0402. The number of rotatable bonds is 4. The topological polar surface area (TPSA) is 34.6 Å². The summed E-state index contributed by atoms with van der Waals surface area (Å²) in [5.74, 6) is 1.04. The van der Waals surface area contributed by atoms with E-state index in [1.165, 1.54) is 0 Å². The summed E-state index contributed by atoms with van der Waals surface area (Å²) < 4.78 is 11.7. The Hall–Kier alpha value is -0.913. The van der Waals surface area contributed by atoms with E-state index in [-0.39, 0.29) is 11.5 Å². The van der Waals surface area contributed by atoms with Crippen molar-refractivity contribution >= 4 is 14.9 Å². The molecule has 0 aliphatic carbocycles. The van der Waals surface area contributed by atoms with Gasteiger partial charge in [-0.15, -0.1) is 0 Å². The quantitative estimate of drug-likeness (QED) is 0.800. The molecule has 1 aliphatic rings. The van der Waals surface area contributed by atoms with Gasteiger partial charge in [-0.05, 0) is 30.6 Å². The lowest BCUT2D eigenvalue weighted by Crippen LogP contribution is -2.37. The highest BCUT2D eigenvalue weighted by Crippen LogP contribution is 2.36. The summed E-state index contributed by atoms with van der Waals surface area (Å²) in [6, 6.07) is 6.26. The van der Waals surface area contributed by atoms with Gasteiger partial charge >= 0.3 is 0 Å². The van der Waals surface area contributed by atoms with Gasteiger partial charge in [0.2, 0.25) is 9.04 Å². The van der Waals surface area contributed by atoms with Crippen LogP contribution in [0.1, 0.15) is 32.6 Å². The molecule has 2 rings (SSSR count). The molecule has 0 saturated carbocycles. The van der Waals surface area contributed by atoms with E-state index in [1.54, 1.807) is 0 Å². The Kier molecular flexibility index (Phi) is 5.41. The first-order chi connectivity index (χ1) is 9.88. The van der Waals surface area contributed by atoms with Crippen molar-refractivity contribution in [3.63, 3.8) is 0 Å². The number of anilines is 1. The van der Waals surface area contributed by atoms with Crippen LogP contribution in [0.25, 0.3) is 0 Å². The highest BCUT2D eigenvalue weighted by molar-refractivity contribution is 6.48. The largest absolute Gasteiger partial charge is 0.408 e. The molecule has 1 unspecified atom stereocenters. The Bertz CT molecular complexity index is 454. The second-order valence-electron chi connectivity index (χ2n) is 6.79. The second kappa shape index (κ2) is 6.90. The standard InChI is InChI=1S/C16H27N2O2Si/c1-16(2,3)15(20-21(4)5)13-7-6-8-14(17-13)18-9-11-19-12-10-18/h6-8,15H,9-12H2,1-5H3. The van der Waals surface area contributed by atoms with Gasteiger partial charge in [0, 0.05) is 13.1 Å². The van der Waals surface area contributed by atoms with Crippen molar-refractivity contribution in [2.75, 3.05) is 31.2 Å². The lowest BCUT2D eigenvalue weighted by atomic mass is 9.87. The van der Waals surface area contributed by atoms with Crippen LogP contribution in [-0.2, 0) is 9.16 Å². The van der Waals surface area contributed by atoms with Gasteiger partial charge in [0.25, 0.3) is 0 Å². The predicted octanol–water partition coefficient (Wildman–Crippen LogP) is 3.27. The molecule has 1 atom stereocenters. The highest BCUT2D eigenvalue weighted by Gasteiger charge is 2.29. The van der Waals surface area contributed by atoms with E-state index >= 15 is 0 Å². The monoisotopic (exact) mass is 307 g/mol. The Morgan fingerprint density at radius 1 is 1.24 bits per heavy atom. The molecular formula is C16H27N2O2Si. The third kappa shape index (κ3) is 4.53. The number of aromatic nitrogens is 1. The molecule has 1 saturated heterocycles. The van der Waals surface area contributed by atoms with Crippen molar-refractivity contribution in [3.05, 3.63) is 23.9 Å². The van der Waals surface area contributed by atoms with Crippen molar-refractivity contribution in [2.24, 2.45) is 5.41 Å². The first kappa shape index (κ1) is 16.5. The number of pyridine rings is 1. The number of hydrogen-bond donors (Lipinski definition) is 0. The van der Waals surface area contributed by atoms with Gasteiger partial charge in [-0.2, -0.15) is 0 Å². The van der Waals surface area contributed by atoms with Crippen molar-refractivity contribution in [2.45, 2.75) is 40.0 Å². The maximum Gasteiger partial charge on any atom is 0.205 e. The lowest BCUT2D eigenvalue weighted by molar-refractivity contribution is 0.0826. The minimum atomic E-state index is -0.773. The summed E-state index contributed by atoms with van der Waals surface area (Å²) in [7, 11) is -0.773. The first-order valence-corrected chi connectivity index (χ1v) is 10.1. The van der Waals surface area contributed by atoms with Crippen LogP contribution in [0.2, 0.25) is 13.1 Å². The van der Waals surface area contributed by atoms with Crippen LogP contribution < -0.4 is 4.90 Å². The third-order valence-electron chi connectivity index (χ3n) is 3.50. The van der Waals surface area contributed by atoms with E-state index in [9.17, 15) is 0 Å². The molecule has 1 radical (unpaired) electrons. The van der Waals surface area contributed by atoms with E-state index in [0.29, 0.717) is 0 Å². The van der Waals surface area contributed by atoms with Crippen LogP contribution in [0.15, 0.2) is 18.2 Å². The molecule has 0 aromatic carbocycles. The molecule has 4 nitrogen and oxygen atoms in total. The van der Waals surface area contributed by atoms with Gasteiger partial charge in [0.1, 0.15) is 5.82 Å². The van der Waals surface area contributed by atoms with Gasteiger partial charge in [-0.25, -0.2) is 4.98 Å². The molecule has 1 aromatic rings. The van der Waals surface area contributed by atoms with Crippen LogP contribution in [0, 0.1) is 5.41 Å². The summed E-state index contributed by atoms with van der Waals surface area (Å²) in [5, 5.41) is 0. The first-order valence-electron chi connectivity index (χ1n) is 7.64. The second-order valence-corrected chi connectivity index (χ2v) is 8.84. The van der Waals surface area contributed by atoms with Crippen molar-refractivity contribution in [1.82, 2.24) is 4.98 Å². The molecule has 21 heavy (non-hydrogen) atoms. The highest BCUT2D eigenvalue weighted by atomic mass is 28.3. The molecule has 1 aliphatic heterocycles. The van der Waals surface area contributed by atoms with Crippen LogP contribution in [0.5, 0.6) is 0 Å². The van der Waals surface area contributed by atoms with Crippen LogP contribution in [0.4, 0.5) is 5.82 Å². The van der Waals surface area contributed by atoms with Gasteiger partial charge in [-0.3, -0.25) is 0 Å². The maximum absolute atomic E-state index is 6.24. The van der Waals surface area contributed by atoms with E-state index in [4.69, 9.17) is 14.1 Å². The summed E-state index contributed by atoms with van der Waals surface area (Å²) in [6.45, 7) is 14.4. The fourth-order valence-corrected chi connectivity index (χ4v) is 3.42. The van der Waals surface area contributed by atoms with Gasteiger partial charge in [0.15, 0.2) is 0 Å². The summed E-state index contributed by atoms with van der Waals surface area (Å²) in [5.41, 5.74) is 1.08. The molecule has 1 fully saturated rings. The van der Waals surface area contributed by atoms with E-state index in [2.05, 4.69) is 57.0 Å². The van der Waals surface area contributed by atoms with Crippen LogP contribution in [-0.4, -0.2) is 40.3 Å². The maximum atomic E-state index is 6.24. The van der Waals surface area contributed by atoms with Crippen molar-refractivity contribution < 1.29 is 9.16 Å². The molecule has 0 spiro atoms. The number of morpholine rings is 1. The zero-order valence-electron chi connectivity index (χ0n) is 13.8. The molecule has 0 amide bonds. The number of ether oxygens (including phenoxy) is 1. The average Bonchev–Trinajstić information content (AvgIpc) is 2.44. The van der Waals surface area contributed by atoms with Crippen molar-refractivity contribution in [1.29, 1.82) is 0 Å². The lowest BCUT2D eigenvalue weighted by Gasteiger charge is -2.33. The normalized spacial score (nSPS) is 18.1. The Morgan fingerprint density at radius 3 is 2.48 bits per heavy atom. The Morgan fingerprint density at radius 2 is 1.90 bits per heavy atom. The van der Waals surface area contributed by atoms with E-state index in [1.807, 2.05) is 0 Å². The van der Waals surface area contributed by atoms with E-state index in [0.717, 1.165) is 37.8 Å².